The number of aromatic nitrogens is 7. The molecular weight excluding hydrogens is 334 g/mol. The summed E-state index contributed by atoms with van der Waals surface area (Å²) in [5.41, 5.74) is 1.25. The number of carbonyl (C=O) groups excluding carboxylic acids is 1. The van der Waals surface area contributed by atoms with Gasteiger partial charge in [-0.15, -0.1) is 15.3 Å². The highest BCUT2D eigenvalue weighted by atomic mass is 16.2. The van der Waals surface area contributed by atoms with Gasteiger partial charge in [0.05, 0.1) is 5.70 Å². The summed E-state index contributed by atoms with van der Waals surface area (Å²) < 4.78 is 3.23. The number of allylic oxidation sites excluding steroid dienone is 2. The molecule has 3 aromatic rings. The van der Waals surface area contributed by atoms with E-state index in [1.807, 2.05) is 4.40 Å². The van der Waals surface area contributed by atoms with Crippen LogP contribution in [-0.4, -0.2) is 59.4 Å². The highest BCUT2D eigenvalue weighted by Crippen LogP contribution is 2.21. The SMILES string of the molecule is C=CC(=C)n1cnc(C(=O)NC2CCN(c3nccn4cnnc34)C2)n1. The van der Waals surface area contributed by atoms with E-state index in [2.05, 4.69) is 48.6 Å². The normalized spacial score (nSPS) is 16.8. The monoisotopic (exact) mass is 351 g/mol. The van der Waals surface area contributed by atoms with Gasteiger partial charge in [0.1, 0.15) is 12.7 Å². The molecule has 1 N–H and O–H groups in total. The molecule has 1 amide bonds. The summed E-state index contributed by atoms with van der Waals surface area (Å²) in [6, 6.07) is -0.0259. The van der Waals surface area contributed by atoms with E-state index in [0.717, 1.165) is 18.8 Å². The molecule has 10 nitrogen and oxygen atoms in total. The largest absolute Gasteiger partial charge is 0.351 e. The lowest BCUT2D eigenvalue weighted by atomic mass is 10.2. The molecular formula is C16H17N9O. The Morgan fingerprint density at radius 1 is 1.35 bits per heavy atom. The molecule has 132 valence electrons. The van der Waals surface area contributed by atoms with Gasteiger partial charge in [0, 0.05) is 31.5 Å². The summed E-state index contributed by atoms with van der Waals surface area (Å²) in [7, 11) is 0. The zero-order valence-corrected chi connectivity index (χ0v) is 14.0. The van der Waals surface area contributed by atoms with Crippen LogP contribution in [0.1, 0.15) is 17.0 Å². The third kappa shape index (κ3) is 2.81. The van der Waals surface area contributed by atoms with Crippen molar-refractivity contribution in [2.45, 2.75) is 12.5 Å². The number of hydrogen-bond acceptors (Lipinski definition) is 7. The van der Waals surface area contributed by atoms with Crippen LogP contribution >= 0.6 is 0 Å². The molecule has 0 radical (unpaired) electrons. The highest BCUT2D eigenvalue weighted by Gasteiger charge is 2.27. The maximum absolute atomic E-state index is 12.4. The van der Waals surface area contributed by atoms with Crippen LogP contribution in [-0.2, 0) is 0 Å². The molecule has 26 heavy (non-hydrogen) atoms. The fraction of sp³-hybridized carbons (Fsp3) is 0.250. The first-order valence-corrected chi connectivity index (χ1v) is 8.09. The summed E-state index contributed by atoms with van der Waals surface area (Å²) >= 11 is 0. The molecule has 1 aliphatic heterocycles. The number of rotatable bonds is 5. The second-order valence-electron chi connectivity index (χ2n) is 5.93. The van der Waals surface area contributed by atoms with Crippen LogP contribution in [0.5, 0.6) is 0 Å². The zero-order valence-electron chi connectivity index (χ0n) is 14.0. The molecule has 0 saturated carbocycles. The molecule has 1 unspecified atom stereocenters. The smallest absolute Gasteiger partial charge is 0.291 e. The van der Waals surface area contributed by atoms with Crippen molar-refractivity contribution in [2.24, 2.45) is 0 Å². The van der Waals surface area contributed by atoms with Crippen molar-refractivity contribution in [2.75, 3.05) is 18.0 Å². The van der Waals surface area contributed by atoms with Crippen LogP contribution in [0.4, 0.5) is 5.82 Å². The van der Waals surface area contributed by atoms with Crippen molar-refractivity contribution in [1.29, 1.82) is 0 Å². The van der Waals surface area contributed by atoms with Crippen LogP contribution in [0.25, 0.3) is 11.3 Å². The van der Waals surface area contributed by atoms with E-state index >= 15 is 0 Å². The van der Waals surface area contributed by atoms with E-state index in [-0.39, 0.29) is 17.8 Å². The van der Waals surface area contributed by atoms with Crippen LogP contribution in [0.3, 0.4) is 0 Å². The maximum Gasteiger partial charge on any atom is 0.291 e. The summed E-state index contributed by atoms with van der Waals surface area (Å²) in [6.45, 7) is 8.78. The molecule has 4 heterocycles. The van der Waals surface area contributed by atoms with Gasteiger partial charge in [-0.25, -0.2) is 14.6 Å². The number of fused-ring (bicyclic) bond motifs is 1. The van der Waals surface area contributed by atoms with Crippen molar-refractivity contribution in [3.05, 3.63) is 50.1 Å². The third-order valence-corrected chi connectivity index (χ3v) is 4.24. The summed E-state index contributed by atoms with van der Waals surface area (Å²) in [5.74, 6) is 0.539. The highest BCUT2D eigenvalue weighted by molar-refractivity contribution is 5.90. The lowest BCUT2D eigenvalue weighted by Crippen LogP contribution is -2.37. The molecule has 0 aliphatic carbocycles. The van der Waals surface area contributed by atoms with E-state index in [4.69, 9.17) is 0 Å². The second kappa shape index (κ2) is 6.39. The molecule has 1 atom stereocenters. The van der Waals surface area contributed by atoms with Crippen molar-refractivity contribution in [3.63, 3.8) is 0 Å². The number of nitrogens with zero attached hydrogens (tertiary/aromatic N) is 8. The van der Waals surface area contributed by atoms with Gasteiger partial charge in [0.15, 0.2) is 5.82 Å². The number of hydrogen-bond donors (Lipinski definition) is 1. The number of anilines is 1. The molecule has 10 heteroatoms. The number of amides is 1. The van der Waals surface area contributed by atoms with E-state index in [9.17, 15) is 4.79 Å². The topological polar surface area (TPSA) is 106 Å². The van der Waals surface area contributed by atoms with Gasteiger partial charge >= 0.3 is 0 Å². The predicted octanol–water partition coefficient (Wildman–Crippen LogP) is 0.381. The first kappa shape index (κ1) is 15.9. The summed E-state index contributed by atoms with van der Waals surface area (Å²) in [5, 5.41) is 15.1. The minimum Gasteiger partial charge on any atom is -0.351 e. The average molecular weight is 351 g/mol. The third-order valence-electron chi connectivity index (χ3n) is 4.24. The fourth-order valence-corrected chi connectivity index (χ4v) is 2.89. The van der Waals surface area contributed by atoms with Gasteiger partial charge in [0.25, 0.3) is 5.91 Å². The molecule has 0 spiro atoms. The molecule has 0 bridgehead atoms. The van der Waals surface area contributed by atoms with E-state index in [1.54, 1.807) is 24.8 Å². The van der Waals surface area contributed by atoms with Crippen molar-refractivity contribution in [3.8, 4) is 0 Å². The van der Waals surface area contributed by atoms with Crippen molar-refractivity contribution in [1.82, 2.24) is 39.7 Å². The Hall–Kier alpha value is -3.56. The molecule has 1 aliphatic rings. The fourth-order valence-electron chi connectivity index (χ4n) is 2.89. The van der Waals surface area contributed by atoms with Gasteiger partial charge in [0.2, 0.25) is 11.5 Å². The first-order valence-electron chi connectivity index (χ1n) is 8.09. The van der Waals surface area contributed by atoms with E-state index in [1.165, 1.54) is 11.0 Å². The predicted molar refractivity (Wildman–Crippen MR) is 94.4 cm³/mol. The Morgan fingerprint density at radius 2 is 2.23 bits per heavy atom. The minimum atomic E-state index is -0.318. The first-order chi connectivity index (χ1) is 12.7. The second-order valence-corrected chi connectivity index (χ2v) is 5.93. The zero-order chi connectivity index (χ0) is 18.1. The van der Waals surface area contributed by atoms with E-state index in [0.29, 0.717) is 17.9 Å². The van der Waals surface area contributed by atoms with Gasteiger partial charge in [-0.3, -0.25) is 9.20 Å². The molecule has 4 rings (SSSR count). The molecule has 3 aromatic heterocycles. The van der Waals surface area contributed by atoms with Crippen molar-refractivity contribution >= 4 is 23.1 Å². The Balaban J connectivity index is 1.43. The lowest BCUT2D eigenvalue weighted by Gasteiger charge is -2.17. The standard InChI is InChI=1S/C16H17N9O/c1-3-11(2)25-9-18-13(22-25)16(26)20-12-4-6-23(8-12)14-15-21-19-10-24(15)7-5-17-14/h3,5,7,9-10,12H,1-2,4,6,8H2,(H,20,26). The Kier molecular flexibility index (Phi) is 3.92. The van der Waals surface area contributed by atoms with Crippen LogP contribution in [0, 0.1) is 0 Å². The van der Waals surface area contributed by atoms with Gasteiger partial charge < -0.3 is 10.2 Å². The summed E-state index contributed by atoms with van der Waals surface area (Å²) in [6.07, 6.45) is 8.92. The van der Waals surface area contributed by atoms with Crippen molar-refractivity contribution < 1.29 is 4.79 Å². The lowest BCUT2D eigenvalue weighted by molar-refractivity contribution is 0.0930. The minimum absolute atomic E-state index is 0.0259. The molecule has 1 saturated heterocycles. The van der Waals surface area contributed by atoms with Gasteiger partial charge in [-0.05, 0) is 12.5 Å². The Bertz CT molecular complexity index is 988. The average Bonchev–Trinajstić information content (AvgIpc) is 3.39. The summed E-state index contributed by atoms with van der Waals surface area (Å²) in [4.78, 5) is 22.9. The van der Waals surface area contributed by atoms with Crippen LogP contribution in [0.2, 0.25) is 0 Å². The van der Waals surface area contributed by atoms with Gasteiger partial charge in [-0.2, -0.15) is 0 Å². The maximum atomic E-state index is 12.4. The quantitative estimate of drug-likeness (QED) is 0.662. The van der Waals surface area contributed by atoms with E-state index < -0.39 is 0 Å². The Labute approximate surface area is 148 Å². The number of nitrogens with one attached hydrogen (secondary N) is 1. The molecule has 0 aromatic carbocycles. The number of carbonyl (C=O) groups is 1. The van der Waals surface area contributed by atoms with Crippen LogP contribution in [0.15, 0.2) is 44.3 Å². The van der Waals surface area contributed by atoms with Gasteiger partial charge in [-0.1, -0.05) is 13.2 Å². The Morgan fingerprint density at radius 3 is 3.08 bits per heavy atom. The van der Waals surface area contributed by atoms with Crippen LogP contribution < -0.4 is 10.2 Å². The molecule has 1 fully saturated rings.